The molecule has 0 fully saturated rings. The largest absolute Gasteiger partial charge is 0.496 e. The summed E-state index contributed by atoms with van der Waals surface area (Å²) in [7, 11) is 1.49. The Labute approximate surface area is 126 Å². The fraction of sp³-hybridized carbons (Fsp3) is 0.312. The lowest BCUT2D eigenvalue weighted by Gasteiger charge is -2.23. The fourth-order valence-corrected chi connectivity index (χ4v) is 2.29. The Hall–Kier alpha value is -2.21. The zero-order valence-electron chi connectivity index (χ0n) is 12.3. The van der Waals surface area contributed by atoms with Gasteiger partial charge in [-0.1, -0.05) is 30.3 Å². The van der Waals surface area contributed by atoms with Crippen LogP contribution in [0.5, 0.6) is 5.75 Å². The van der Waals surface area contributed by atoms with Crippen LogP contribution in [0.25, 0.3) is 10.8 Å². The molecule has 0 saturated carbocycles. The quantitative estimate of drug-likeness (QED) is 0.862. The molecule has 0 spiro atoms. The van der Waals surface area contributed by atoms with E-state index in [4.69, 9.17) is 10.5 Å². The molecule has 0 aliphatic carbocycles. The van der Waals surface area contributed by atoms with E-state index in [0.29, 0.717) is 16.5 Å². The number of hydrogen-bond acceptors (Lipinski definition) is 4. The highest BCUT2D eigenvalue weighted by Crippen LogP contribution is 2.37. The van der Waals surface area contributed by atoms with Gasteiger partial charge >= 0.3 is 11.9 Å². The average Bonchev–Trinajstić information content (AvgIpc) is 2.53. The standard InChI is InChI=1S/C16H17F2NO3/c1-3-22-15(20)16(17,18)14(19)12-8-9-13(21-2)11-7-5-4-6-10(11)12/h4-9,14H,3,19H2,1-2H3/t14-/m0/s1. The molecule has 0 heterocycles. The maximum Gasteiger partial charge on any atom is 0.379 e. The number of carbonyl (C=O) groups excluding carboxylic acids is 1. The van der Waals surface area contributed by atoms with Crippen LogP contribution >= 0.6 is 0 Å². The first-order valence-corrected chi connectivity index (χ1v) is 6.79. The van der Waals surface area contributed by atoms with Crippen LogP contribution < -0.4 is 10.5 Å². The number of benzene rings is 2. The molecule has 2 aromatic rings. The summed E-state index contributed by atoms with van der Waals surface area (Å²) < 4.78 is 38.0. The topological polar surface area (TPSA) is 61.5 Å². The minimum atomic E-state index is -3.81. The summed E-state index contributed by atoms with van der Waals surface area (Å²) in [5.41, 5.74) is 5.83. The molecule has 118 valence electrons. The minimum absolute atomic E-state index is 0.134. The predicted molar refractivity (Wildman–Crippen MR) is 79.0 cm³/mol. The molecule has 0 saturated heterocycles. The number of rotatable bonds is 5. The van der Waals surface area contributed by atoms with Crippen LogP contribution in [0.15, 0.2) is 36.4 Å². The van der Waals surface area contributed by atoms with Crippen LogP contribution in [0, 0.1) is 0 Å². The van der Waals surface area contributed by atoms with E-state index in [1.165, 1.54) is 20.1 Å². The lowest BCUT2D eigenvalue weighted by atomic mass is 9.95. The Morgan fingerprint density at radius 3 is 2.45 bits per heavy atom. The monoisotopic (exact) mass is 309 g/mol. The van der Waals surface area contributed by atoms with Crippen molar-refractivity contribution in [3.05, 3.63) is 42.0 Å². The second kappa shape index (κ2) is 6.27. The van der Waals surface area contributed by atoms with E-state index in [2.05, 4.69) is 4.74 Å². The maximum atomic E-state index is 14.2. The summed E-state index contributed by atoms with van der Waals surface area (Å²) in [4.78, 5) is 11.5. The van der Waals surface area contributed by atoms with E-state index in [1.54, 1.807) is 30.3 Å². The number of methoxy groups -OCH3 is 1. The first-order chi connectivity index (χ1) is 10.4. The molecule has 0 aromatic heterocycles. The highest BCUT2D eigenvalue weighted by atomic mass is 19.3. The summed E-state index contributed by atoms with van der Waals surface area (Å²) in [6.45, 7) is 1.33. The summed E-state index contributed by atoms with van der Waals surface area (Å²) in [6, 6.07) is 8.07. The number of nitrogens with two attached hydrogens (primary N) is 1. The lowest BCUT2D eigenvalue weighted by Crippen LogP contribution is -2.41. The Kier molecular flexibility index (Phi) is 4.61. The van der Waals surface area contributed by atoms with Crippen molar-refractivity contribution in [3.8, 4) is 5.75 Å². The van der Waals surface area contributed by atoms with Gasteiger partial charge in [-0.2, -0.15) is 8.78 Å². The van der Waals surface area contributed by atoms with E-state index in [0.717, 1.165) is 0 Å². The van der Waals surface area contributed by atoms with E-state index in [-0.39, 0.29) is 12.2 Å². The Morgan fingerprint density at radius 1 is 1.23 bits per heavy atom. The van der Waals surface area contributed by atoms with Crippen LogP contribution in [0.4, 0.5) is 8.78 Å². The van der Waals surface area contributed by atoms with Crippen molar-refractivity contribution in [2.24, 2.45) is 5.73 Å². The van der Waals surface area contributed by atoms with Gasteiger partial charge in [-0.25, -0.2) is 4.79 Å². The number of fused-ring (bicyclic) bond motifs is 1. The average molecular weight is 309 g/mol. The molecule has 6 heteroatoms. The smallest absolute Gasteiger partial charge is 0.379 e. The van der Waals surface area contributed by atoms with Gasteiger partial charge in [0.2, 0.25) is 0 Å². The van der Waals surface area contributed by atoms with Crippen molar-refractivity contribution < 1.29 is 23.0 Å². The van der Waals surface area contributed by atoms with Crippen molar-refractivity contribution in [2.75, 3.05) is 13.7 Å². The van der Waals surface area contributed by atoms with Crippen molar-refractivity contribution in [3.63, 3.8) is 0 Å². The van der Waals surface area contributed by atoms with Gasteiger partial charge in [0.1, 0.15) is 11.8 Å². The molecular formula is C16H17F2NO3. The molecule has 2 aromatic carbocycles. The summed E-state index contributed by atoms with van der Waals surface area (Å²) in [5.74, 6) is -4.89. The predicted octanol–water partition coefficient (Wildman–Crippen LogP) is 3.05. The normalized spacial score (nSPS) is 13.0. The maximum absolute atomic E-state index is 14.2. The highest BCUT2D eigenvalue weighted by molar-refractivity contribution is 5.92. The van der Waals surface area contributed by atoms with Gasteiger partial charge in [0, 0.05) is 5.39 Å². The van der Waals surface area contributed by atoms with Gasteiger partial charge in [-0.05, 0) is 23.9 Å². The molecule has 0 aliphatic rings. The first kappa shape index (κ1) is 16.2. The highest BCUT2D eigenvalue weighted by Gasteiger charge is 2.48. The Morgan fingerprint density at radius 2 is 1.86 bits per heavy atom. The Bertz CT molecular complexity index is 688. The SMILES string of the molecule is CCOC(=O)C(F)(F)[C@@H](N)c1ccc(OC)c2ccccc12. The molecular weight excluding hydrogens is 292 g/mol. The van der Waals surface area contributed by atoms with Crippen molar-refractivity contribution >= 4 is 16.7 Å². The van der Waals surface area contributed by atoms with Gasteiger partial charge in [0.25, 0.3) is 0 Å². The lowest BCUT2D eigenvalue weighted by molar-refractivity contribution is -0.174. The van der Waals surface area contributed by atoms with Crippen LogP contribution in [0.3, 0.4) is 0 Å². The number of esters is 1. The fourth-order valence-electron chi connectivity index (χ4n) is 2.29. The van der Waals surface area contributed by atoms with Crippen LogP contribution in [-0.2, 0) is 9.53 Å². The third kappa shape index (κ3) is 2.74. The summed E-state index contributed by atoms with van der Waals surface area (Å²) in [5, 5.41) is 1.16. The molecule has 2 N–H and O–H groups in total. The summed E-state index contributed by atoms with van der Waals surface area (Å²) in [6.07, 6.45) is 0. The molecule has 0 radical (unpaired) electrons. The van der Waals surface area contributed by atoms with Crippen molar-refractivity contribution in [1.29, 1.82) is 0 Å². The van der Waals surface area contributed by atoms with E-state index in [1.807, 2.05) is 0 Å². The molecule has 0 amide bonds. The number of carbonyl (C=O) groups is 1. The van der Waals surface area contributed by atoms with E-state index < -0.39 is 17.9 Å². The molecule has 1 atom stereocenters. The minimum Gasteiger partial charge on any atom is -0.496 e. The third-order valence-corrected chi connectivity index (χ3v) is 3.41. The molecule has 2 rings (SSSR count). The number of hydrogen-bond donors (Lipinski definition) is 1. The number of halogens is 2. The van der Waals surface area contributed by atoms with Crippen LogP contribution in [0.2, 0.25) is 0 Å². The third-order valence-electron chi connectivity index (χ3n) is 3.41. The summed E-state index contributed by atoms with van der Waals surface area (Å²) >= 11 is 0. The Balaban J connectivity index is 2.53. The van der Waals surface area contributed by atoms with Gasteiger partial charge in [0.15, 0.2) is 0 Å². The van der Waals surface area contributed by atoms with Crippen molar-refractivity contribution in [1.82, 2.24) is 0 Å². The van der Waals surface area contributed by atoms with Gasteiger partial charge in [-0.15, -0.1) is 0 Å². The van der Waals surface area contributed by atoms with E-state index in [9.17, 15) is 13.6 Å². The van der Waals surface area contributed by atoms with Gasteiger partial charge in [0.05, 0.1) is 13.7 Å². The second-order valence-electron chi connectivity index (χ2n) is 4.72. The second-order valence-corrected chi connectivity index (χ2v) is 4.72. The molecule has 0 bridgehead atoms. The van der Waals surface area contributed by atoms with Crippen LogP contribution in [-0.4, -0.2) is 25.6 Å². The van der Waals surface area contributed by atoms with E-state index >= 15 is 0 Å². The number of ether oxygens (including phenoxy) is 2. The number of alkyl halides is 2. The molecule has 4 nitrogen and oxygen atoms in total. The molecule has 22 heavy (non-hydrogen) atoms. The van der Waals surface area contributed by atoms with Gasteiger partial charge in [-0.3, -0.25) is 0 Å². The van der Waals surface area contributed by atoms with Gasteiger partial charge < -0.3 is 15.2 Å². The zero-order chi connectivity index (χ0) is 16.3. The zero-order valence-corrected chi connectivity index (χ0v) is 12.3. The molecule has 0 unspecified atom stereocenters. The first-order valence-electron chi connectivity index (χ1n) is 6.79. The van der Waals surface area contributed by atoms with Crippen molar-refractivity contribution in [2.45, 2.75) is 18.9 Å². The molecule has 0 aliphatic heterocycles. The van der Waals surface area contributed by atoms with Crippen LogP contribution in [0.1, 0.15) is 18.5 Å².